The first-order valence-electron chi connectivity index (χ1n) is 4.08. The molecule has 70 valence electrons. The van der Waals surface area contributed by atoms with Gasteiger partial charge in [0.25, 0.3) is 5.91 Å². The van der Waals surface area contributed by atoms with Gasteiger partial charge in [-0.25, -0.2) is 0 Å². The van der Waals surface area contributed by atoms with Gasteiger partial charge in [-0.2, -0.15) is 0 Å². The highest BCUT2D eigenvalue weighted by Crippen LogP contribution is 2.08. The van der Waals surface area contributed by atoms with Crippen LogP contribution >= 0.6 is 0 Å². The van der Waals surface area contributed by atoms with Crippen LogP contribution in [0, 0.1) is 5.92 Å². The van der Waals surface area contributed by atoms with E-state index in [9.17, 15) is 9.59 Å². The first-order valence-corrected chi connectivity index (χ1v) is 4.08. The summed E-state index contributed by atoms with van der Waals surface area (Å²) in [5.41, 5.74) is 10.2. The molecule has 0 aliphatic rings. The Kier molecular flexibility index (Phi) is 4.51. The molecule has 2 unspecified atom stereocenters. The molecule has 0 bridgehead atoms. The summed E-state index contributed by atoms with van der Waals surface area (Å²) in [4.78, 5) is 21.3. The number of primary amides is 1. The van der Waals surface area contributed by atoms with Crippen LogP contribution in [0.25, 0.3) is 0 Å². The highest BCUT2D eigenvalue weighted by Gasteiger charge is 2.20. The van der Waals surface area contributed by atoms with E-state index in [0.29, 0.717) is 12.3 Å². The summed E-state index contributed by atoms with van der Waals surface area (Å²) in [6, 6.07) is -0.725. The summed E-state index contributed by atoms with van der Waals surface area (Å²) >= 11 is 0. The van der Waals surface area contributed by atoms with E-state index >= 15 is 0 Å². The van der Waals surface area contributed by atoms with Gasteiger partial charge in [-0.3, -0.25) is 9.59 Å². The molecule has 12 heavy (non-hydrogen) atoms. The molecule has 0 rings (SSSR count). The molecule has 2 atom stereocenters. The standard InChI is InChI=1S/C8H16N2O2/c1-3-5(2)4-6(9)7(11)8(10)12/h5-6H,3-4,9H2,1-2H3,(H2,10,12). The van der Waals surface area contributed by atoms with E-state index in [1.165, 1.54) is 0 Å². The molecular formula is C8H16N2O2. The fraction of sp³-hybridized carbons (Fsp3) is 0.750. The third-order valence-electron chi connectivity index (χ3n) is 1.93. The van der Waals surface area contributed by atoms with Crippen molar-refractivity contribution in [3.8, 4) is 0 Å². The van der Waals surface area contributed by atoms with Gasteiger partial charge in [-0.1, -0.05) is 20.3 Å². The Balaban J connectivity index is 3.95. The summed E-state index contributed by atoms with van der Waals surface area (Å²) in [7, 11) is 0. The second kappa shape index (κ2) is 4.87. The summed E-state index contributed by atoms with van der Waals surface area (Å²) in [5.74, 6) is -1.26. The van der Waals surface area contributed by atoms with E-state index in [4.69, 9.17) is 11.5 Å². The summed E-state index contributed by atoms with van der Waals surface area (Å²) in [6.45, 7) is 3.99. The molecule has 0 radical (unpaired) electrons. The van der Waals surface area contributed by atoms with E-state index in [1.807, 2.05) is 13.8 Å². The zero-order valence-electron chi connectivity index (χ0n) is 7.54. The van der Waals surface area contributed by atoms with Crippen molar-refractivity contribution >= 4 is 11.7 Å². The smallest absolute Gasteiger partial charge is 0.286 e. The van der Waals surface area contributed by atoms with Gasteiger partial charge in [-0.05, 0) is 12.3 Å². The molecule has 0 spiro atoms. The molecule has 0 aromatic rings. The van der Waals surface area contributed by atoms with Crippen LogP contribution in [0.5, 0.6) is 0 Å². The Morgan fingerprint density at radius 3 is 2.25 bits per heavy atom. The van der Waals surface area contributed by atoms with Crippen LogP contribution < -0.4 is 11.5 Å². The first-order chi connectivity index (χ1) is 5.49. The fourth-order valence-electron chi connectivity index (χ4n) is 0.890. The predicted molar refractivity (Wildman–Crippen MR) is 46.2 cm³/mol. The molecule has 0 aromatic heterocycles. The van der Waals surface area contributed by atoms with E-state index in [1.54, 1.807) is 0 Å². The molecule has 0 aliphatic heterocycles. The number of rotatable bonds is 5. The number of hydrogen-bond donors (Lipinski definition) is 2. The summed E-state index contributed by atoms with van der Waals surface area (Å²) in [5, 5.41) is 0. The number of nitrogens with two attached hydrogens (primary N) is 2. The third-order valence-corrected chi connectivity index (χ3v) is 1.93. The minimum absolute atomic E-state index is 0.350. The second-order valence-corrected chi connectivity index (χ2v) is 3.08. The topological polar surface area (TPSA) is 86.2 Å². The van der Waals surface area contributed by atoms with Crippen molar-refractivity contribution in [1.82, 2.24) is 0 Å². The highest BCUT2D eigenvalue weighted by molar-refractivity contribution is 6.37. The fourth-order valence-corrected chi connectivity index (χ4v) is 0.890. The number of amides is 1. The third kappa shape index (κ3) is 3.48. The van der Waals surface area contributed by atoms with Crippen LogP contribution in [-0.2, 0) is 9.59 Å². The zero-order valence-corrected chi connectivity index (χ0v) is 7.54. The second-order valence-electron chi connectivity index (χ2n) is 3.08. The van der Waals surface area contributed by atoms with Crippen molar-refractivity contribution in [2.24, 2.45) is 17.4 Å². The largest absolute Gasteiger partial charge is 0.363 e. The van der Waals surface area contributed by atoms with E-state index in [-0.39, 0.29) is 0 Å². The van der Waals surface area contributed by atoms with Crippen molar-refractivity contribution in [1.29, 1.82) is 0 Å². The average molecular weight is 172 g/mol. The van der Waals surface area contributed by atoms with Gasteiger partial charge in [-0.15, -0.1) is 0 Å². The van der Waals surface area contributed by atoms with Gasteiger partial charge in [0.2, 0.25) is 5.78 Å². The number of carbonyl (C=O) groups excluding carboxylic acids is 2. The quantitative estimate of drug-likeness (QED) is 0.563. The van der Waals surface area contributed by atoms with E-state index < -0.39 is 17.7 Å². The minimum Gasteiger partial charge on any atom is -0.363 e. The molecule has 1 amide bonds. The van der Waals surface area contributed by atoms with Crippen LogP contribution in [0.3, 0.4) is 0 Å². The monoisotopic (exact) mass is 172 g/mol. The van der Waals surface area contributed by atoms with Crippen molar-refractivity contribution in [2.75, 3.05) is 0 Å². The lowest BCUT2D eigenvalue weighted by Crippen LogP contribution is -2.40. The molecule has 4 N–H and O–H groups in total. The lowest BCUT2D eigenvalue weighted by molar-refractivity contribution is -0.136. The first kappa shape index (κ1) is 11.1. The summed E-state index contributed by atoms with van der Waals surface area (Å²) < 4.78 is 0. The Bertz CT molecular complexity index is 180. The molecule has 4 heteroatoms. The lowest BCUT2D eigenvalue weighted by atomic mass is 9.97. The normalized spacial score (nSPS) is 15.2. The SMILES string of the molecule is CCC(C)CC(N)C(=O)C(N)=O. The highest BCUT2D eigenvalue weighted by atomic mass is 16.2. The number of hydrogen-bond acceptors (Lipinski definition) is 3. The molecule has 0 saturated carbocycles. The number of Topliss-reactive ketones (excluding diaryl/α,β-unsaturated/α-hetero) is 1. The van der Waals surface area contributed by atoms with Gasteiger partial charge in [0.05, 0.1) is 6.04 Å². The van der Waals surface area contributed by atoms with Crippen LogP contribution in [0.15, 0.2) is 0 Å². The molecule has 0 heterocycles. The van der Waals surface area contributed by atoms with Crippen molar-refractivity contribution in [3.05, 3.63) is 0 Å². The molecule has 0 fully saturated rings. The van der Waals surface area contributed by atoms with Crippen molar-refractivity contribution in [2.45, 2.75) is 32.7 Å². The van der Waals surface area contributed by atoms with Gasteiger partial charge in [0, 0.05) is 0 Å². The molecule has 0 aromatic carbocycles. The maximum absolute atomic E-state index is 10.9. The van der Waals surface area contributed by atoms with Crippen LogP contribution in [0.4, 0.5) is 0 Å². The summed E-state index contributed by atoms with van der Waals surface area (Å²) in [6.07, 6.45) is 1.47. The lowest BCUT2D eigenvalue weighted by Gasteiger charge is -2.12. The van der Waals surface area contributed by atoms with Gasteiger partial charge in [0.1, 0.15) is 0 Å². The van der Waals surface area contributed by atoms with E-state index in [0.717, 1.165) is 6.42 Å². The zero-order chi connectivity index (χ0) is 9.72. The van der Waals surface area contributed by atoms with Crippen LogP contribution in [0.1, 0.15) is 26.7 Å². The molecular weight excluding hydrogens is 156 g/mol. The minimum atomic E-state index is -0.939. The van der Waals surface area contributed by atoms with Crippen molar-refractivity contribution in [3.63, 3.8) is 0 Å². The van der Waals surface area contributed by atoms with Gasteiger partial charge >= 0.3 is 0 Å². The average Bonchev–Trinajstić information content (AvgIpc) is 2.02. The molecule has 4 nitrogen and oxygen atoms in total. The maximum atomic E-state index is 10.9. The maximum Gasteiger partial charge on any atom is 0.286 e. The number of carbonyl (C=O) groups is 2. The Hall–Kier alpha value is -0.900. The Labute approximate surface area is 72.3 Å². The predicted octanol–water partition coefficient (Wildman–Crippen LogP) is -0.196. The van der Waals surface area contributed by atoms with Gasteiger partial charge < -0.3 is 11.5 Å². The molecule has 0 aliphatic carbocycles. The van der Waals surface area contributed by atoms with Crippen LogP contribution in [0.2, 0.25) is 0 Å². The van der Waals surface area contributed by atoms with Gasteiger partial charge in [0.15, 0.2) is 0 Å². The van der Waals surface area contributed by atoms with Crippen LogP contribution in [-0.4, -0.2) is 17.7 Å². The van der Waals surface area contributed by atoms with E-state index in [2.05, 4.69) is 0 Å². The van der Waals surface area contributed by atoms with Crippen molar-refractivity contribution < 1.29 is 9.59 Å². The number of ketones is 1. The Morgan fingerprint density at radius 2 is 1.92 bits per heavy atom. The molecule has 0 saturated heterocycles. The Morgan fingerprint density at radius 1 is 1.42 bits per heavy atom.